The molecule has 32 heavy (non-hydrogen) atoms. The van der Waals surface area contributed by atoms with Crippen molar-refractivity contribution < 1.29 is 18.3 Å². The van der Waals surface area contributed by atoms with Gasteiger partial charge >= 0.3 is 0 Å². The average Bonchev–Trinajstić information content (AvgIpc) is 2.81. The molecule has 1 saturated heterocycles. The summed E-state index contributed by atoms with van der Waals surface area (Å²) in [6, 6.07) is 14.5. The molecule has 1 N–H and O–H groups in total. The van der Waals surface area contributed by atoms with Crippen molar-refractivity contribution in [2.75, 3.05) is 20.2 Å². The summed E-state index contributed by atoms with van der Waals surface area (Å²) in [5.74, 6) is -0.230. The van der Waals surface area contributed by atoms with Gasteiger partial charge in [0, 0.05) is 43.0 Å². The molecule has 1 fully saturated rings. The maximum atomic E-state index is 14.2. The van der Waals surface area contributed by atoms with Gasteiger partial charge in [-0.25, -0.2) is 8.78 Å². The second kappa shape index (κ2) is 9.87. The van der Waals surface area contributed by atoms with Crippen molar-refractivity contribution >= 4 is 5.91 Å². The van der Waals surface area contributed by atoms with Gasteiger partial charge in [0.05, 0.1) is 18.4 Å². The molecule has 1 aromatic heterocycles. The van der Waals surface area contributed by atoms with Gasteiger partial charge in [-0.2, -0.15) is 0 Å². The van der Waals surface area contributed by atoms with Crippen LogP contribution in [0.4, 0.5) is 8.78 Å². The van der Waals surface area contributed by atoms with Crippen molar-refractivity contribution in [1.29, 1.82) is 0 Å². The minimum absolute atomic E-state index is 0.0455. The van der Waals surface area contributed by atoms with Crippen LogP contribution in [-0.2, 0) is 6.54 Å². The fraction of sp³-hybridized carbons (Fsp3) is 0.280. The molecule has 7 heteroatoms. The van der Waals surface area contributed by atoms with Crippen LogP contribution in [0.25, 0.3) is 11.3 Å². The van der Waals surface area contributed by atoms with Crippen LogP contribution in [0.2, 0.25) is 0 Å². The summed E-state index contributed by atoms with van der Waals surface area (Å²) in [5.41, 5.74) is 2.29. The lowest BCUT2D eigenvalue weighted by Gasteiger charge is -2.32. The number of aromatic nitrogens is 1. The van der Waals surface area contributed by atoms with E-state index >= 15 is 0 Å². The molecule has 2 heterocycles. The molecule has 0 saturated carbocycles. The van der Waals surface area contributed by atoms with E-state index in [4.69, 9.17) is 4.74 Å². The Kier molecular flexibility index (Phi) is 6.75. The number of likely N-dealkylation sites (tertiary alicyclic amines) is 1. The molecule has 0 atom stereocenters. The van der Waals surface area contributed by atoms with Gasteiger partial charge in [-0.3, -0.25) is 14.7 Å². The largest absolute Gasteiger partial charge is 0.496 e. The Hall–Kier alpha value is -3.32. The van der Waals surface area contributed by atoms with Crippen LogP contribution in [0.1, 0.15) is 28.8 Å². The van der Waals surface area contributed by atoms with E-state index in [-0.39, 0.29) is 23.6 Å². The summed E-state index contributed by atoms with van der Waals surface area (Å²) in [7, 11) is 1.54. The van der Waals surface area contributed by atoms with Crippen LogP contribution in [0.15, 0.2) is 60.8 Å². The molecule has 0 bridgehead atoms. The molecule has 0 unspecified atom stereocenters. The van der Waals surface area contributed by atoms with Gasteiger partial charge in [0.1, 0.15) is 17.4 Å². The molecule has 0 radical (unpaired) electrons. The molecule has 3 aromatic rings. The Morgan fingerprint density at radius 2 is 1.91 bits per heavy atom. The summed E-state index contributed by atoms with van der Waals surface area (Å²) < 4.78 is 32.9. The zero-order valence-electron chi connectivity index (χ0n) is 17.9. The van der Waals surface area contributed by atoms with Gasteiger partial charge in [-0.15, -0.1) is 0 Å². The highest BCUT2D eigenvalue weighted by atomic mass is 19.1. The number of halogens is 2. The van der Waals surface area contributed by atoms with Gasteiger partial charge in [-0.05, 0) is 49.2 Å². The number of carbonyl (C=O) groups is 1. The normalized spacial score (nSPS) is 14.8. The molecule has 1 amide bonds. The van der Waals surface area contributed by atoms with E-state index in [1.807, 2.05) is 0 Å². The van der Waals surface area contributed by atoms with E-state index in [9.17, 15) is 13.6 Å². The first-order valence-electron chi connectivity index (χ1n) is 10.6. The van der Waals surface area contributed by atoms with Crippen LogP contribution >= 0.6 is 0 Å². The number of benzene rings is 2. The van der Waals surface area contributed by atoms with Crippen molar-refractivity contribution in [3.8, 4) is 17.0 Å². The molecule has 1 aliphatic heterocycles. The second-order valence-corrected chi connectivity index (χ2v) is 7.89. The standard InChI is InChI=1S/C25H25F2N3O2/c1-32-24-7-3-6-22(27)21(24)16-30-12-10-20(11-13-30)29-25(31)18-8-9-23(28-15-18)17-4-2-5-19(26)14-17/h2-9,14-15,20H,10-13,16H2,1H3,(H,29,31). The number of rotatable bonds is 6. The van der Waals surface area contributed by atoms with Gasteiger partial charge in [0.15, 0.2) is 0 Å². The fourth-order valence-electron chi connectivity index (χ4n) is 3.96. The number of hydrogen-bond acceptors (Lipinski definition) is 4. The van der Waals surface area contributed by atoms with Gasteiger partial charge < -0.3 is 10.1 Å². The zero-order chi connectivity index (χ0) is 22.5. The molecule has 2 aromatic carbocycles. The van der Waals surface area contributed by atoms with Crippen molar-refractivity contribution in [1.82, 2.24) is 15.2 Å². The third kappa shape index (κ3) is 5.11. The zero-order valence-corrected chi connectivity index (χ0v) is 17.9. The highest BCUT2D eigenvalue weighted by molar-refractivity contribution is 5.94. The number of piperidine rings is 1. The lowest BCUT2D eigenvalue weighted by Crippen LogP contribution is -2.44. The first kappa shape index (κ1) is 21.9. The SMILES string of the molecule is COc1cccc(F)c1CN1CCC(NC(=O)c2ccc(-c3cccc(F)c3)nc2)CC1. The highest BCUT2D eigenvalue weighted by Crippen LogP contribution is 2.24. The van der Waals surface area contributed by atoms with Crippen LogP contribution in [-0.4, -0.2) is 42.0 Å². The fourth-order valence-corrected chi connectivity index (χ4v) is 3.96. The second-order valence-electron chi connectivity index (χ2n) is 7.89. The van der Waals surface area contributed by atoms with E-state index in [2.05, 4.69) is 15.2 Å². The van der Waals surface area contributed by atoms with E-state index in [0.29, 0.717) is 34.7 Å². The summed E-state index contributed by atoms with van der Waals surface area (Å²) in [6.07, 6.45) is 3.06. The van der Waals surface area contributed by atoms with Gasteiger partial charge in [0.25, 0.3) is 5.91 Å². The Bertz CT molecular complexity index is 1080. The number of pyridine rings is 1. The quantitative estimate of drug-likeness (QED) is 0.620. The average molecular weight is 437 g/mol. The Balaban J connectivity index is 1.31. The van der Waals surface area contributed by atoms with Crippen LogP contribution in [0.5, 0.6) is 5.75 Å². The van der Waals surface area contributed by atoms with Crippen LogP contribution in [0, 0.1) is 11.6 Å². The maximum Gasteiger partial charge on any atom is 0.253 e. The Morgan fingerprint density at radius 1 is 1.12 bits per heavy atom. The first-order valence-corrected chi connectivity index (χ1v) is 10.6. The molecule has 0 aliphatic carbocycles. The molecule has 166 valence electrons. The molecule has 1 aliphatic rings. The number of amides is 1. The van der Waals surface area contributed by atoms with E-state index in [1.165, 1.54) is 24.4 Å². The third-order valence-electron chi connectivity index (χ3n) is 5.75. The first-order chi connectivity index (χ1) is 15.5. The molecule has 5 nitrogen and oxygen atoms in total. The monoisotopic (exact) mass is 437 g/mol. The van der Waals surface area contributed by atoms with Crippen LogP contribution in [0.3, 0.4) is 0 Å². The lowest BCUT2D eigenvalue weighted by atomic mass is 10.0. The minimum atomic E-state index is -0.328. The number of methoxy groups -OCH3 is 1. The minimum Gasteiger partial charge on any atom is -0.496 e. The van der Waals surface area contributed by atoms with E-state index in [1.54, 1.807) is 43.5 Å². The summed E-state index contributed by atoms with van der Waals surface area (Å²) in [6.45, 7) is 1.97. The van der Waals surface area contributed by atoms with Crippen molar-refractivity contribution in [3.63, 3.8) is 0 Å². The molecular formula is C25H25F2N3O2. The Labute approximate surface area is 186 Å². The number of nitrogens with zero attached hydrogens (tertiary/aromatic N) is 2. The number of ether oxygens (including phenoxy) is 1. The molecule has 4 rings (SSSR count). The number of hydrogen-bond donors (Lipinski definition) is 1. The van der Waals surface area contributed by atoms with Gasteiger partial charge in [0.2, 0.25) is 0 Å². The number of carbonyl (C=O) groups excluding carboxylic acids is 1. The van der Waals surface area contributed by atoms with Crippen molar-refractivity contribution in [3.05, 3.63) is 83.6 Å². The molecular weight excluding hydrogens is 412 g/mol. The van der Waals surface area contributed by atoms with Crippen LogP contribution < -0.4 is 10.1 Å². The van der Waals surface area contributed by atoms with Crippen molar-refractivity contribution in [2.24, 2.45) is 0 Å². The van der Waals surface area contributed by atoms with Gasteiger partial charge in [-0.1, -0.05) is 18.2 Å². The molecule has 0 spiro atoms. The number of nitrogens with one attached hydrogen (secondary N) is 1. The third-order valence-corrected chi connectivity index (χ3v) is 5.75. The summed E-state index contributed by atoms with van der Waals surface area (Å²) in [5, 5.41) is 3.06. The van der Waals surface area contributed by atoms with E-state index < -0.39 is 0 Å². The maximum absolute atomic E-state index is 14.2. The lowest BCUT2D eigenvalue weighted by molar-refractivity contribution is 0.0908. The Morgan fingerprint density at radius 3 is 2.59 bits per heavy atom. The summed E-state index contributed by atoms with van der Waals surface area (Å²) in [4.78, 5) is 19.1. The summed E-state index contributed by atoms with van der Waals surface area (Å²) >= 11 is 0. The topological polar surface area (TPSA) is 54.5 Å². The predicted octanol–water partition coefficient (Wildman–Crippen LogP) is 4.43. The van der Waals surface area contributed by atoms with E-state index in [0.717, 1.165) is 25.9 Å². The predicted molar refractivity (Wildman–Crippen MR) is 118 cm³/mol. The highest BCUT2D eigenvalue weighted by Gasteiger charge is 2.23. The smallest absolute Gasteiger partial charge is 0.253 e. The van der Waals surface area contributed by atoms with Crippen molar-refractivity contribution in [2.45, 2.75) is 25.4 Å².